The van der Waals surface area contributed by atoms with Gasteiger partial charge in [0, 0.05) is 12.1 Å². The van der Waals surface area contributed by atoms with E-state index in [1.807, 2.05) is 0 Å². The van der Waals surface area contributed by atoms with E-state index in [1.54, 1.807) is 6.07 Å². The molecule has 118 valence electrons. The molecule has 1 atom stereocenters. The predicted molar refractivity (Wildman–Crippen MR) is 83.9 cm³/mol. The van der Waals surface area contributed by atoms with E-state index < -0.39 is 14.8 Å². The van der Waals surface area contributed by atoms with Crippen molar-refractivity contribution in [3.05, 3.63) is 28.3 Å². The Morgan fingerprint density at radius 1 is 1.45 bits per heavy atom. The molecule has 1 aliphatic rings. The molecular formula is C13H15N3O4S2. The van der Waals surface area contributed by atoms with E-state index in [1.165, 1.54) is 12.1 Å². The summed E-state index contributed by atoms with van der Waals surface area (Å²) in [7, 11) is -3.46. The second-order valence-corrected chi connectivity index (χ2v) is 8.62. The zero-order valence-electron chi connectivity index (χ0n) is 11.7. The normalized spacial score (nSPS) is 19.4. The van der Waals surface area contributed by atoms with Crippen molar-refractivity contribution in [3.63, 3.8) is 0 Å². The largest absolute Gasteiger partial charge is 0.316 e. The minimum atomic E-state index is -3.46. The van der Waals surface area contributed by atoms with Crippen LogP contribution in [-0.2, 0) is 9.84 Å². The Morgan fingerprint density at radius 3 is 2.95 bits per heavy atom. The number of nitro groups is 1. The molecule has 2 heterocycles. The molecule has 3 rings (SSSR count). The molecular weight excluding hydrogens is 326 g/mol. The topological polar surface area (TPSA) is 102 Å². The summed E-state index contributed by atoms with van der Waals surface area (Å²) in [6.45, 7) is 1.64. The van der Waals surface area contributed by atoms with E-state index in [4.69, 9.17) is 0 Å². The van der Waals surface area contributed by atoms with Crippen LogP contribution in [0.3, 0.4) is 0 Å². The van der Waals surface area contributed by atoms with Crippen LogP contribution in [0.1, 0.15) is 12.8 Å². The summed E-state index contributed by atoms with van der Waals surface area (Å²) in [6.07, 6.45) is 1.87. The van der Waals surface area contributed by atoms with E-state index in [9.17, 15) is 18.5 Å². The highest BCUT2D eigenvalue weighted by Crippen LogP contribution is 2.30. The third-order valence-corrected chi connectivity index (χ3v) is 7.06. The molecule has 0 saturated carbocycles. The fourth-order valence-corrected chi connectivity index (χ4v) is 5.53. The highest BCUT2D eigenvalue weighted by Gasteiger charge is 2.26. The molecule has 1 aromatic heterocycles. The molecule has 7 nitrogen and oxygen atoms in total. The monoisotopic (exact) mass is 341 g/mol. The van der Waals surface area contributed by atoms with Gasteiger partial charge in [0.15, 0.2) is 0 Å². The molecule has 1 N–H and O–H groups in total. The summed E-state index contributed by atoms with van der Waals surface area (Å²) in [6, 6.07) is 4.22. The SMILES string of the molecule is O=[N+]([O-])c1ccc2sc(S(=O)(=O)C[C@H]3CCCNC3)nc2c1. The Kier molecular flexibility index (Phi) is 4.11. The van der Waals surface area contributed by atoms with Crippen molar-refractivity contribution in [3.8, 4) is 0 Å². The smallest absolute Gasteiger partial charge is 0.271 e. The Hall–Kier alpha value is -1.58. The minimum absolute atomic E-state index is 0.0496. The summed E-state index contributed by atoms with van der Waals surface area (Å²) >= 11 is 1.07. The summed E-state index contributed by atoms with van der Waals surface area (Å²) < 4.78 is 25.6. The second-order valence-electron chi connectivity index (χ2n) is 5.38. The van der Waals surface area contributed by atoms with Crippen molar-refractivity contribution in [1.29, 1.82) is 0 Å². The first-order valence-electron chi connectivity index (χ1n) is 6.94. The van der Waals surface area contributed by atoms with Crippen LogP contribution in [-0.4, -0.2) is 37.2 Å². The molecule has 1 aliphatic heterocycles. The average Bonchev–Trinajstić information content (AvgIpc) is 2.91. The van der Waals surface area contributed by atoms with E-state index in [2.05, 4.69) is 10.3 Å². The predicted octanol–water partition coefficient (Wildman–Crippen LogP) is 1.98. The van der Waals surface area contributed by atoms with Crippen LogP contribution in [0.4, 0.5) is 5.69 Å². The van der Waals surface area contributed by atoms with Gasteiger partial charge < -0.3 is 5.32 Å². The fourth-order valence-electron chi connectivity index (χ4n) is 2.59. The van der Waals surface area contributed by atoms with Gasteiger partial charge in [-0.1, -0.05) is 0 Å². The number of nitrogens with one attached hydrogen (secondary N) is 1. The molecule has 9 heteroatoms. The fraction of sp³-hybridized carbons (Fsp3) is 0.462. The second kappa shape index (κ2) is 5.90. The van der Waals surface area contributed by atoms with Crippen molar-refractivity contribution < 1.29 is 13.3 Å². The molecule has 0 amide bonds. The molecule has 0 bridgehead atoms. The molecule has 1 fully saturated rings. The molecule has 0 radical (unpaired) electrons. The van der Waals surface area contributed by atoms with Crippen LogP contribution < -0.4 is 5.32 Å². The number of fused-ring (bicyclic) bond motifs is 1. The summed E-state index contributed by atoms with van der Waals surface area (Å²) in [5, 5.41) is 14.0. The van der Waals surface area contributed by atoms with Gasteiger partial charge in [-0.2, -0.15) is 0 Å². The maximum Gasteiger partial charge on any atom is 0.271 e. The van der Waals surface area contributed by atoms with Gasteiger partial charge in [0.1, 0.15) is 0 Å². The van der Waals surface area contributed by atoms with Gasteiger partial charge >= 0.3 is 0 Å². The number of hydrogen-bond acceptors (Lipinski definition) is 7. The number of benzene rings is 1. The third-order valence-electron chi connectivity index (χ3n) is 3.68. The average molecular weight is 341 g/mol. The van der Waals surface area contributed by atoms with Gasteiger partial charge in [-0.25, -0.2) is 13.4 Å². The number of nitrogens with zero attached hydrogens (tertiary/aromatic N) is 2. The Labute approximate surface area is 131 Å². The number of sulfone groups is 1. The maximum absolute atomic E-state index is 12.5. The minimum Gasteiger partial charge on any atom is -0.316 e. The first kappa shape index (κ1) is 15.3. The van der Waals surface area contributed by atoms with Gasteiger partial charge in [0.05, 0.1) is 20.9 Å². The van der Waals surface area contributed by atoms with Gasteiger partial charge in [-0.3, -0.25) is 10.1 Å². The molecule has 0 spiro atoms. The van der Waals surface area contributed by atoms with Crippen LogP contribution in [0.5, 0.6) is 0 Å². The lowest BCUT2D eigenvalue weighted by molar-refractivity contribution is -0.384. The number of thiazole rings is 1. The number of non-ortho nitro benzene ring substituents is 1. The molecule has 0 unspecified atom stereocenters. The van der Waals surface area contributed by atoms with E-state index in [-0.39, 0.29) is 21.7 Å². The number of piperidine rings is 1. The lowest BCUT2D eigenvalue weighted by atomic mass is 10.0. The van der Waals surface area contributed by atoms with Crippen LogP contribution in [0.25, 0.3) is 10.2 Å². The molecule has 1 aromatic carbocycles. The number of nitro benzene ring substituents is 1. The lowest BCUT2D eigenvalue weighted by Gasteiger charge is -2.21. The summed E-state index contributed by atoms with van der Waals surface area (Å²) in [5.74, 6) is 0.169. The molecule has 0 aliphatic carbocycles. The molecule has 1 saturated heterocycles. The maximum atomic E-state index is 12.5. The van der Waals surface area contributed by atoms with Crippen molar-refractivity contribution in [2.24, 2.45) is 5.92 Å². The Morgan fingerprint density at radius 2 is 2.27 bits per heavy atom. The molecule has 2 aromatic rings. The van der Waals surface area contributed by atoms with Crippen molar-refractivity contribution in [2.45, 2.75) is 17.2 Å². The number of aromatic nitrogens is 1. The number of hydrogen-bond donors (Lipinski definition) is 1. The van der Waals surface area contributed by atoms with Gasteiger partial charge in [-0.15, -0.1) is 11.3 Å². The van der Waals surface area contributed by atoms with Crippen LogP contribution in [0.2, 0.25) is 0 Å². The van der Waals surface area contributed by atoms with E-state index in [0.717, 1.165) is 30.7 Å². The van der Waals surface area contributed by atoms with Crippen molar-refractivity contribution >= 4 is 37.1 Å². The Balaban J connectivity index is 1.89. The zero-order valence-corrected chi connectivity index (χ0v) is 13.3. The van der Waals surface area contributed by atoms with Crippen LogP contribution >= 0.6 is 11.3 Å². The van der Waals surface area contributed by atoms with Crippen molar-refractivity contribution in [1.82, 2.24) is 10.3 Å². The van der Waals surface area contributed by atoms with Gasteiger partial charge in [0.25, 0.3) is 5.69 Å². The standard InChI is InChI=1S/C13H15N3O4S2/c17-16(18)10-3-4-12-11(6-10)15-13(21-12)22(19,20)8-9-2-1-5-14-7-9/h3-4,6,9,14H,1-2,5,7-8H2/t9-/m0/s1. The zero-order chi connectivity index (χ0) is 15.7. The first-order chi connectivity index (χ1) is 10.5. The quantitative estimate of drug-likeness (QED) is 0.674. The van der Waals surface area contributed by atoms with Crippen molar-refractivity contribution in [2.75, 3.05) is 18.8 Å². The first-order valence-corrected chi connectivity index (χ1v) is 9.41. The van der Waals surface area contributed by atoms with Crippen LogP contribution in [0, 0.1) is 16.0 Å². The van der Waals surface area contributed by atoms with E-state index in [0.29, 0.717) is 16.8 Å². The highest BCUT2D eigenvalue weighted by molar-refractivity contribution is 7.93. The Bertz CT molecular complexity index is 810. The summed E-state index contributed by atoms with van der Waals surface area (Å²) in [4.78, 5) is 14.4. The summed E-state index contributed by atoms with van der Waals surface area (Å²) in [5.41, 5.74) is 0.276. The van der Waals surface area contributed by atoms with Gasteiger partial charge in [0.2, 0.25) is 14.2 Å². The van der Waals surface area contributed by atoms with E-state index >= 15 is 0 Å². The number of rotatable bonds is 4. The lowest BCUT2D eigenvalue weighted by Crippen LogP contribution is -2.33. The van der Waals surface area contributed by atoms with Crippen LogP contribution in [0.15, 0.2) is 22.5 Å². The van der Waals surface area contributed by atoms with Gasteiger partial charge in [-0.05, 0) is 37.9 Å². The third kappa shape index (κ3) is 3.11. The highest BCUT2D eigenvalue weighted by atomic mass is 32.2. The molecule has 22 heavy (non-hydrogen) atoms.